The highest BCUT2D eigenvalue weighted by Crippen LogP contribution is 2.26. The second kappa shape index (κ2) is 7.51. The van der Waals surface area contributed by atoms with Gasteiger partial charge in [-0.25, -0.2) is 8.42 Å². The second-order valence-electron chi connectivity index (χ2n) is 6.14. The first-order chi connectivity index (χ1) is 10.4. The highest BCUT2D eigenvalue weighted by atomic mass is 79.9. The number of hydrogen-bond acceptors (Lipinski definition) is 4. The van der Waals surface area contributed by atoms with Crippen LogP contribution in [0.4, 0.5) is 0 Å². The van der Waals surface area contributed by atoms with Gasteiger partial charge in [-0.05, 0) is 29.5 Å². The Morgan fingerprint density at radius 2 is 1.74 bits per heavy atom. The standard InChI is InChI=1S/C15H19BrN2O3S.ClH/c16-14-3-1-11(2-4-14)9-22(20,21)10-15(19)18-7-12-5-17-6-13(12)8-18;/h1-4,12-13,17H,5-10H2;1H/t12-,13+;. The predicted octanol–water partition coefficient (Wildman–Crippen LogP) is 1.46. The minimum absolute atomic E-state index is 0. The molecule has 0 saturated carbocycles. The molecule has 2 fully saturated rings. The Balaban J connectivity index is 0.00000192. The van der Waals surface area contributed by atoms with Crippen LogP contribution in [0.15, 0.2) is 28.7 Å². The van der Waals surface area contributed by atoms with Crippen LogP contribution in [-0.2, 0) is 20.4 Å². The van der Waals surface area contributed by atoms with Crippen LogP contribution >= 0.6 is 28.3 Å². The number of carbonyl (C=O) groups is 1. The lowest BCUT2D eigenvalue weighted by Crippen LogP contribution is -2.36. The first-order valence-corrected chi connectivity index (χ1v) is 9.98. The van der Waals surface area contributed by atoms with Crippen molar-refractivity contribution in [3.63, 3.8) is 0 Å². The van der Waals surface area contributed by atoms with E-state index >= 15 is 0 Å². The molecule has 1 N–H and O–H groups in total. The molecule has 128 valence electrons. The molecule has 5 nitrogen and oxygen atoms in total. The fraction of sp³-hybridized carbons (Fsp3) is 0.533. The van der Waals surface area contributed by atoms with E-state index in [1.165, 1.54) is 0 Å². The summed E-state index contributed by atoms with van der Waals surface area (Å²) in [6.45, 7) is 3.23. The van der Waals surface area contributed by atoms with E-state index in [2.05, 4.69) is 21.2 Å². The van der Waals surface area contributed by atoms with E-state index in [0.29, 0.717) is 30.5 Å². The third-order valence-electron chi connectivity index (χ3n) is 4.39. The zero-order valence-electron chi connectivity index (χ0n) is 12.6. The summed E-state index contributed by atoms with van der Waals surface area (Å²) in [5.74, 6) is 0.229. The van der Waals surface area contributed by atoms with Gasteiger partial charge in [0.1, 0.15) is 5.75 Å². The molecule has 1 aromatic carbocycles. The topological polar surface area (TPSA) is 66.5 Å². The van der Waals surface area contributed by atoms with Crippen molar-refractivity contribution < 1.29 is 13.2 Å². The molecular weight excluding hydrogens is 404 g/mol. The number of nitrogens with zero attached hydrogens (tertiary/aromatic N) is 1. The number of hydrogen-bond donors (Lipinski definition) is 1. The van der Waals surface area contributed by atoms with Crippen LogP contribution in [0.1, 0.15) is 5.56 Å². The zero-order valence-corrected chi connectivity index (χ0v) is 15.8. The monoisotopic (exact) mass is 422 g/mol. The van der Waals surface area contributed by atoms with Crippen LogP contribution in [-0.4, -0.2) is 51.2 Å². The second-order valence-corrected chi connectivity index (χ2v) is 9.12. The average Bonchev–Trinajstić information content (AvgIpc) is 3.01. The summed E-state index contributed by atoms with van der Waals surface area (Å²) < 4.78 is 25.4. The number of halogens is 2. The van der Waals surface area contributed by atoms with Crippen molar-refractivity contribution in [2.75, 3.05) is 31.9 Å². The molecule has 0 aliphatic carbocycles. The van der Waals surface area contributed by atoms with Gasteiger partial charge in [0, 0.05) is 30.7 Å². The van der Waals surface area contributed by atoms with Crippen molar-refractivity contribution >= 4 is 44.1 Å². The van der Waals surface area contributed by atoms with Gasteiger partial charge in [0.05, 0.1) is 5.75 Å². The third kappa shape index (κ3) is 4.68. The van der Waals surface area contributed by atoms with Crippen molar-refractivity contribution in [2.24, 2.45) is 11.8 Å². The van der Waals surface area contributed by atoms with Gasteiger partial charge in [-0.2, -0.15) is 0 Å². The SMILES string of the molecule is Cl.O=C(CS(=O)(=O)Cc1ccc(Br)cc1)N1C[C@H]2CNC[C@H]2C1. The number of rotatable bonds is 4. The third-order valence-corrected chi connectivity index (χ3v) is 6.37. The molecule has 2 saturated heterocycles. The summed E-state index contributed by atoms with van der Waals surface area (Å²) >= 11 is 3.32. The molecule has 1 aromatic rings. The normalized spacial score (nSPS) is 23.4. The van der Waals surface area contributed by atoms with Gasteiger partial charge in [0.25, 0.3) is 0 Å². The number of amides is 1. The lowest BCUT2D eigenvalue weighted by atomic mass is 10.0. The van der Waals surface area contributed by atoms with Crippen molar-refractivity contribution in [3.05, 3.63) is 34.3 Å². The maximum Gasteiger partial charge on any atom is 0.237 e. The Labute approximate surface area is 151 Å². The molecule has 2 atom stereocenters. The van der Waals surface area contributed by atoms with Gasteiger partial charge in [-0.3, -0.25) is 4.79 Å². The Morgan fingerprint density at radius 1 is 1.17 bits per heavy atom. The first-order valence-electron chi connectivity index (χ1n) is 7.36. The van der Waals surface area contributed by atoms with E-state index in [1.807, 2.05) is 0 Å². The van der Waals surface area contributed by atoms with Crippen molar-refractivity contribution in [3.8, 4) is 0 Å². The minimum atomic E-state index is -3.43. The van der Waals surface area contributed by atoms with Gasteiger partial charge < -0.3 is 10.2 Å². The molecular formula is C15H20BrClN2O3S. The highest BCUT2D eigenvalue weighted by Gasteiger charge is 2.38. The van der Waals surface area contributed by atoms with Crippen LogP contribution in [0.5, 0.6) is 0 Å². The fourth-order valence-electron chi connectivity index (χ4n) is 3.22. The van der Waals surface area contributed by atoms with Crippen LogP contribution in [0.2, 0.25) is 0 Å². The van der Waals surface area contributed by atoms with Crippen LogP contribution in [0.3, 0.4) is 0 Å². The number of carbonyl (C=O) groups excluding carboxylic acids is 1. The molecule has 0 radical (unpaired) electrons. The van der Waals surface area contributed by atoms with Crippen molar-refractivity contribution in [1.82, 2.24) is 10.2 Å². The molecule has 8 heteroatoms. The van der Waals surface area contributed by atoms with Crippen LogP contribution in [0, 0.1) is 11.8 Å². The molecule has 2 heterocycles. The van der Waals surface area contributed by atoms with Gasteiger partial charge in [0.2, 0.25) is 5.91 Å². The number of nitrogens with one attached hydrogen (secondary N) is 1. The van der Waals surface area contributed by atoms with Gasteiger partial charge in [-0.1, -0.05) is 28.1 Å². The molecule has 2 aliphatic heterocycles. The summed E-state index contributed by atoms with van der Waals surface area (Å²) in [7, 11) is -3.43. The van der Waals surface area contributed by atoms with Crippen LogP contribution in [0.25, 0.3) is 0 Å². The largest absolute Gasteiger partial charge is 0.341 e. The molecule has 0 spiro atoms. The first kappa shape index (κ1) is 18.7. The molecule has 23 heavy (non-hydrogen) atoms. The van der Waals surface area contributed by atoms with Gasteiger partial charge >= 0.3 is 0 Å². The molecule has 2 aliphatic rings. The Kier molecular flexibility index (Phi) is 6.10. The molecule has 0 unspecified atom stereocenters. The molecule has 3 rings (SSSR count). The van der Waals surface area contributed by atoms with E-state index < -0.39 is 15.6 Å². The highest BCUT2D eigenvalue weighted by molar-refractivity contribution is 9.10. The summed E-state index contributed by atoms with van der Waals surface area (Å²) in [5, 5.41) is 3.31. The van der Waals surface area contributed by atoms with E-state index in [4.69, 9.17) is 0 Å². The Hall–Kier alpha value is -0.630. The van der Waals surface area contributed by atoms with Crippen LogP contribution < -0.4 is 5.32 Å². The zero-order chi connectivity index (χ0) is 15.7. The average molecular weight is 424 g/mol. The number of sulfone groups is 1. The quantitative estimate of drug-likeness (QED) is 0.796. The maximum absolute atomic E-state index is 12.3. The van der Waals surface area contributed by atoms with Crippen molar-refractivity contribution in [1.29, 1.82) is 0 Å². The number of fused-ring (bicyclic) bond motifs is 1. The summed E-state index contributed by atoms with van der Waals surface area (Å²) in [6.07, 6.45) is 0. The predicted molar refractivity (Wildman–Crippen MR) is 95.3 cm³/mol. The molecule has 0 aromatic heterocycles. The van der Waals surface area contributed by atoms with Crippen molar-refractivity contribution in [2.45, 2.75) is 5.75 Å². The summed E-state index contributed by atoms with van der Waals surface area (Å²) in [4.78, 5) is 14.0. The fourth-order valence-corrected chi connectivity index (χ4v) is 4.85. The minimum Gasteiger partial charge on any atom is -0.341 e. The summed E-state index contributed by atoms with van der Waals surface area (Å²) in [5.41, 5.74) is 0.707. The lowest BCUT2D eigenvalue weighted by Gasteiger charge is -2.17. The van der Waals surface area contributed by atoms with E-state index in [9.17, 15) is 13.2 Å². The van der Waals surface area contributed by atoms with E-state index in [0.717, 1.165) is 17.6 Å². The molecule has 0 bridgehead atoms. The van der Waals surface area contributed by atoms with E-state index in [1.54, 1.807) is 29.2 Å². The van der Waals surface area contributed by atoms with E-state index in [-0.39, 0.29) is 24.1 Å². The van der Waals surface area contributed by atoms with Gasteiger partial charge in [0.15, 0.2) is 9.84 Å². The Morgan fingerprint density at radius 3 is 2.30 bits per heavy atom. The summed E-state index contributed by atoms with van der Waals surface area (Å²) in [6, 6.07) is 7.14. The number of likely N-dealkylation sites (tertiary alicyclic amines) is 1. The lowest BCUT2D eigenvalue weighted by molar-refractivity contribution is -0.127. The smallest absolute Gasteiger partial charge is 0.237 e. The Bertz CT molecular complexity index is 654. The molecule has 1 amide bonds. The number of benzene rings is 1. The maximum atomic E-state index is 12.3. The van der Waals surface area contributed by atoms with Gasteiger partial charge in [-0.15, -0.1) is 12.4 Å².